The molecule has 0 saturated heterocycles. The summed E-state index contributed by atoms with van der Waals surface area (Å²) in [6, 6.07) is 14.3. The number of benzene rings is 2. The summed E-state index contributed by atoms with van der Waals surface area (Å²) in [4.78, 5) is 25.1. The Morgan fingerprint density at radius 2 is 1.69 bits per heavy atom. The maximum Gasteiger partial charge on any atom is 0.251 e. The third-order valence-corrected chi connectivity index (χ3v) is 5.71. The Bertz CT molecular complexity index is 864. The molecule has 0 fully saturated rings. The van der Waals surface area contributed by atoms with Gasteiger partial charge in [0.25, 0.3) is 5.91 Å². The Morgan fingerprint density at radius 1 is 1.03 bits per heavy atom. The maximum atomic E-state index is 12.6. The van der Waals surface area contributed by atoms with Gasteiger partial charge in [-0.05, 0) is 44.2 Å². The fourth-order valence-corrected chi connectivity index (χ4v) is 2.97. The number of carbonyl (C=O) groups excluding carboxylic acids is 2. The molecule has 0 aliphatic carbocycles. The van der Waals surface area contributed by atoms with Crippen molar-refractivity contribution in [2.45, 2.75) is 39.7 Å². The van der Waals surface area contributed by atoms with Crippen LogP contribution in [0.3, 0.4) is 0 Å². The molecular weight excluding hydrogens is 388 g/mol. The summed E-state index contributed by atoms with van der Waals surface area (Å²) < 4.78 is 5.30. The molecule has 0 saturated carbocycles. The highest BCUT2D eigenvalue weighted by Gasteiger charge is 2.38. The number of carbonyl (C=O) groups is 2. The summed E-state index contributed by atoms with van der Waals surface area (Å²) in [6.45, 7) is 8.34. The summed E-state index contributed by atoms with van der Waals surface area (Å²) in [5.41, 5.74) is 0.382. The Morgan fingerprint density at radius 3 is 2.31 bits per heavy atom. The van der Waals surface area contributed by atoms with Gasteiger partial charge in [0.2, 0.25) is 5.91 Å². The van der Waals surface area contributed by atoms with Crippen molar-refractivity contribution < 1.29 is 14.3 Å². The second-order valence-electron chi connectivity index (χ2n) is 8.24. The van der Waals surface area contributed by atoms with E-state index >= 15 is 0 Å². The largest absolute Gasteiger partial charge is 0.496 e. The molecule has 0 aliphatic rings. The van der Waals surface area contributed by atoms with Crippen molar-refractivity contribution >= 4 is 23.4 Å². The number of rotatable bonds is 8. The van der Waals surface area contributed by atoms with Crippen LogP contribution in [0.5, 0.6) is 5.75 Å². The molecule has 6 heteroatoms. The van der Waals surface area contributed by atoms with Crippen LogP contribution in [-0.2, 0) is 11.2 Å². The van der Waals surface area contributed by atoms with Crippen molar-refractivity contribution in [3.05, 3.63) is 64.7 Å². The summed E-state index contributed by atoms with van der Waals surface area (Å²) >= 11 is 6.04. The lowest BCUT2D eigenvalue weighted by Gasteiger charge is -2.42. The van der Waals surface area contributed by atoms with Gasteiger partial charge >= 0.3 is 0 Å². The second kappa shape index (κ2) is 9.31. The number of methoxy groups -OCH3 is 1. The van der Waals surface area contributed by atoms with Crippen molar-refractivity contribution in [1.82, 2.24) is 10.6 Å². The first-order valence-electron chi connectivity index (χ1n) is 9.52. The van der Waals surface area contributed by atoms with Gasteiger partial charge in [-0.1, -0.05) is 43.6 Å². The molecule has 0 unspecified atom stereocenters. The average Bonchev–Trinajstić information content (AvgIpc) is 2.67. The van der Waals surface area contributed by atoms with E-state index in [1.54, 1.807) is 37.4 Å². The Hall–Kier alpha value is -2.53. The van der Waals surface area contributed by atoms with Crippen LogP contribution in [0.1, 0.15) is 43.6 Å². The standard InChI is InChI=1S/C23H29ClN2O3/c1-22(2,23(3,4)26-21(28)16-9-7-6-8-10-16)15-25-20(27)14-17-13-18(24)11-12-19(17)29-5/h6-13H,14-15H2,1-5H3,(H,25,27)(H,26,28). The Labute approximate surface area is 177 Å². The molecule has 5 nitrogen and oxygen atoms in total. The summed E-state index contributed by atoms with van der Waals surface area (Å²) in [6.07, 6.45) is 0.163. The van der Waals surface area contributed by atoms with Crippen LogP contribution in [0.15, 0.2) is 48.5 Å². The zero-order valence-corrected chi connectivity index (χ0v) is 18.4. The Kier molecular flexibility index (Phi) is 7.31. The molecule has 0 aliphatic heterocycles. The molecule has 0 aromatic heterocycles. The Balaban J connectivity index is 1.99. The quantitative estimate of drug-likeness (QED) is 0.676. The molecule has 2 aromatic carbocycles. The highest BCUT2D eigenvalue weighted by molar-refractivity contribution is 6.30. The van der Waals surface area contributed by atoms with Crippen molar-refractivity contribution in [2.75, 3.05) is 13.7 Å². The first-order valence-corrected chi connectivity index (χ1v) is 9.90. The molecule has 0 heterocycles. The van der Waals surface area contributed by atoms with E-state index in [-0.39, 0.29) is 18.2 Å². The van der Waals surface area contributed by atoms with E-state index in [9.17, 15) is 9.59 Å². The van der Waals surface area contributed by atoms with Gasteiger partial charge in [0, 0.05) is 33.6 Å². The molecule has 2 N–H and O–H groups in total. The number of hydrogen-bond acceptors (Lipinski definition) is 3. The van der Waals surface area contributed by atoms with Crippen LogP contribution >= 0.6 is 11.6 Å². The molecular formula is C23H29ClN2O3. The normalized spacial score (nSPS) is 11.7. The van der Waals surface area contributed by atoms with Crippen LogP contribution in [-0.4, -0.2) is 31.0 Å². The molecule has 2 rings (SSSR count). The third-order valence-electron chi connectivity index (χ3n) is 5.47. The lowest BCUT2D eigenvalue weighted by Crippen LogP contribution is -2.57. The highest BCUT2D eigenvalue weighted by atomic mass is 35.5. The zero-order chi connectivity index (χ0) is 21.7. The van der Waals surface area contributed by atoms with Gasteiger partial charge in [0.1, 0.15) is 5.75 Å². The first-order chi connectivity index (χ1) is 13.6. The molecule has 0 radical (unpaired) electrons. The molecule has 0 bridgehead atoms. The van der Waals surface area contributed by atoms with Gasteiger partial charge < -0.3 is 15.4 Å². The van der Waals surface area contributed by atoms with Crippen molar-refractivity contribution in [3.8, 4) is 5.75 Å². The van der Waals surface area contributed by atoms with Crippen LogP contribution in [0.25, 0.3) is 0 Å². The number of ether oxygens (including phenoxy) is 1. The summed E-state index contributed by atoms with van der Waals surface area (Å²) in [5, 5.41) is 6.61. The minimum atomic E-state index is -0.555. The first kappa shape index (κ1) is 22.8. The third kappa shape index (κ3) is 5.97. The molecule has 29 heavy (non-hydrogen) atoms. The van der Waals surface area contributed by atoms with Crippen LogP contribution < -0.4 is 15.4 Å². The van der Waals surface area contributed by atoms with E-state index in [1.165, 1.54) is 0 Å². The van der Waals surface area contributed by atoms with Gasteiger partial charge in [-0.2, -0.15) is 0 Å². The smallest absolute Gasteiger partial charge is 0.251 e. The van der Waals surface area contributed by atoms with Crippen molar-refractivity contribution in [3.63, 3.8) is 0 Å². The predicted octanol–water partition coefficient (Wildman–Crippen LogP) is 4.24. The monoisotopic (exact) mass is 416 g/mol. The SMILES string of the molecule is COc1ccc(Cl)cc1CC(=O)NCC(C)(C)C(C)(C)NC(=O)c1ccccc1. The summed E-state index contributed by atoms with van der Waals surface area (Å²) in [5.74, 6) is 0.349. The maximum absolute atomic E-state index is 12.6. The van der Waals surface area contributed by atoms with E-state index in [0.717, 1.165) is 5.56 Å². The van der Waals surface area contributed by atoms with E-state index in [1.807, 2.05) is 45.9 Å². The van der Waals surface area contributed by atoms with Crippen molar-refractivity contribution in [1.29, 1.82) is 0 Å². The van der Waals surface area contributed by atoms with Gasteiger partial charge in [-0.3, -0.25) is 9.59 Å². The molecule has 0 atom stereocenters. The van der Waals surface area contributed by atoms with Crippen molar-refractivity contribution in [2.24, 2.45) is 5.41 Å². The zero-order valence-electron chi connectivity index (χ0n) is 17.6. The molecule has 2 amide bonds. The molecule has 0 spiro atoms. The van der Waals surface area contributed by atoms with E-state index < -0.39 is 11.0 Å². The summed E-state index contributed by atoms with van der Waals surface area (Å²) in [7, 11) is 1.56. The van der Waals surface area contributed by atoms with Gasteiger partial charge in [-0.25, -0.2) is 0 Å². The fraction of sp³-hybridized carbons (Fsp3) is 0.391. The predicted molar refractivity (Wildman–Crippen MR) is 116 cm³/mol. The van der Waals surface area contributed by atoms with Crippen LogP contribution in [0.4, 0.5) is 0 Å². The number of halogens is 1. The second-order valence-corrected chi connectivity index (χ2v) is 8.68. The minimum Gasteiger partial charge on any atom is -0.496 e. The number of nitrogens with one attached hydrogen (secondary N) is 2. The average molecular weight is 417 g/mol. The van der Waals surface area contributed by atoms with Gasteiger partial charge in [-0.15, -0.1) is 0 Å². The topological polar surface area (TPSA) is 67.4 Å². The van der Waals surface area contributed by atoms with Gasteiger partial charge in [0.05, 0.1) is 13.5 Å². The van der Waals surface area contributed by atoms with Crippen LogP contribution in [0, 0.1) is 5.41 Å². The van der Waals surface area contributed by atoms with E-state index in [2.05, 4.69) is 10.6 Å². The van der Waals surface area contributed by atoms with E-state index in [0.29, 0.717) is 22.9 Å². The molecule has 2 aromatic rings. The number of hydrogen-bond donors (Lipinski definition) is 2. The number of amides is 2. The lowest BCUT2D eigenvalue weighted by atomic mass is 9.74. The van der Waals surface area contributed by atoms with E-state index in [4.69, 9.17) is 16.3 Å². The highest BCUT2D eigenvalue weighted by Crippen LogP contribution is 2.30. The minimum absolute atomic E-state index is 0.135. The lowest BCUT2D eigenvalue weighted by molar-refractivity contribution is -0.121. The van der Waals surface area contributed by atoms with Gasteiger partial charge in [0.15, 0.2) is 0 Å². The fourth-order valence-electron chi connectivity index (χ4n) is 2.78. The van der Waals surface area contributed by atoms with Crippen LogP contribution in [0.2, 0.25) is 5.02 Å². The molecule has 156 valence electrons.